The largest absolute Gasteiger partial charge is 0.497 e. The molecule has 2 aromatic rings. The van der Waals surface area contributed by atoms with Gasteiger partial charge in [0.1, 0.15) is 5.75 Å². The molecule has 0 fully saturated rings. The summed E-state index contributed by atoms with van der Waals surface area (Å²) in [6.07, 6.45) is 3.13. The number of nitrogens with one attached hydrogen (secondary N) is 1. The van der Waals surface area contributed by atoms with Crippen LogP contribution in [0.4, 0.5) is 0 Å². The molecule has 0 atom stereocenters. The van der Waals surface area contributed by atoms with Crippen LogP contribution in [0.3, 0.4) is 0 Å². The smallest absolute Gasteiger partial charge is 0.119 e. The van der Waals surface area contributed by atoms with E-state index in [1.165, 1.54) is 11.1 Å². The number of methoxy groups -OCH3 is 1. The predicted molar refractivity (Wildman–Crippen MR) is 85.8 cm³/mol. The molecule has 0 aliphatic carbocycles. The van der Waals surface area contributed by atoms with Crippen LogP contribution in [0.2, 0.25) is 0 Å². The second kappa shape index (κ2) is 7.27. The van der Waals surface area contributed by atoms with Crippen LogP contribution < -0.4 is 10.1 Å². The van der Waals surface area contributed by atoms with E-state index in [9.17, 15) is 0 Å². The van der Waals surface area contributed by atoms with Crippen molar-refractivity contribution in [3.05, 3.63) is 47.3 Å². The minimum Gasteiger partial charge on any atom is -0.497 e. The number of ether oxygens (including phenoxy) is 1. The van der Waals surface area contributed by atoms with Crippen molar-refractivity contribution in [1.29, 1.82) is 0 Å². The third-order valence-corrected chi connectivity index (χ3v) is 3.59. The van der Waals surface area contributed by atoms with Crippen LogP contribution in [-0.2, 0) is 13.0 Å². The van der Waals surface area contributed by atoms with Gasteiger partial charge in [-0.2, -0.15) is 5.10 Å². The average Bonchev–Trinajstić information content (AvgIpc) is 2.85. The van der Waals surface area contributed by atoms with Crippen LogP contribution in [0.15, 0.2) is 30.5 Å². The maximum atomic E-state index is 5.24. The first-order valence-electron chi connectivity index (χ1n) is 7.48. The van der Waals surface area contributed by atoms with Gasteiger partial charge in [0.15, 0.2) is 0 Å². The fourth-order valence-electron chi connectivity index (χ4n) is 2.24. The molecule has 4 nitrogen and oxygen atoms in total. The van der Waals surface area contributed by atoms with Crippen molar-refractivity contribution in [2.24, 2.45) is 0 Å². The molecule has 1 heterocycles. The Balaban J connectivity index is 1.81. The minimum atomic E-state index is 0.411. The first kappa shape index (κ1) is 15.6. The zero-order chi connectivity index (χ0) is 15.2. The summed E-state index contributed by atoms with van der Waals surface area (Å²) in [5, 5.41) is 8.02. The molecule has 0 amide bonds. The summed E-state index contributed by atoms with van der Waals surface area (Å²) in [6, 6.07) is 8.64. The SMILES string of the molecule is COc1cccc(CCNCc2cn(C(C)C)nc2C)c1. The average molecular weight is 287 g/mol. The van der Waals surface area contributed by atoms with Gasteiger partial charge in [0, 0.05) is 24.3 Å². The number of hydrogen-bond donors (Lipinski definition) is 1. The second-order valence-electron chi connectivity index (χ2n) is 5.59. The Morgan fingerprint density at radius 3 is 2.81 bits per heavy atom. The number of benzene rings is 1. The monoisotopic (exact) mass is 287 g/mol. The van der Waals surface area contributed by atoms with E-state index in [0.717, 1.165) is 31.0 Å². The van der Waals surface area contributed by atoms with Crippen molar-refractivity contribution in [1.82, 2.24) is 15.1 Å². The van der Waals surface area contributed by atoms with E-state index in [2.05, 4.69) is 49.5 Å². The Kier molecular flexibility index (Phi) is 5.39. The lowest BCUT2D eigenvalue weighted by Gasteiger charge is -2.06. The van der Waals surface area contributed by atoms with Gasteiger partial charge in [-0.15, -0.1) is 0 Å². The van der Waals surface area contributed by atoms with Gasteiger partial charge in [0.05, 0.1) is 12.8 Å². The Hall–Kier alpha value is -1.81. The molecule has 0 aliphatic heterocycles. The van der Waals surface area contributed by atoms with Crippen LogP contribution >= 0.6 is 0 Å². The summed E-state index contributed by atoms with van der Waals surface area (Å²) >= 11 is 0. The minimum absolute atomic E-state index is 0.411. The summed E-state index contributed by atoms with van der Waals surface area (Å²) in [7, 11) is 1.70. The molecular formula is C17H25N3O. The number of aryl methyl sites for hydroxylation is 1. The molecule has 0 aliphatic rings. The van der Waals surface area contributed by atoms with Gasteiger partial charge in [0.2, 0.25) is 0 Å². The molecule has 1 N–H and O–H groups in total. The molecule has 1 aromatic carbocycles. The lowest BCUT2D eigenvalue weighted by Crippen LogP contribution is -2.16. The molecule has 0 spiro atoms. The topological polar surface area (TPSA) is 39.1 Å². The van der Waals surface area contributed by atoms with Crippen molar-refractivity contribution < 1.29 is 4.74 Å². The highest BCUT2D eigenvalue weighted by molar-refractivity contribution is 5.28. The summed E-state index contributed by atoms with van der Waals surface area (Å²) in [6.45, 7) is 8.17. The van der Waals surface area contributed by atoms with E-state index >= 15 is 0 Å². The van der Waals surface area contributed by atoms with Gasteiger partial charge >= 0.3 is 0 Å². The van der Waals surface area contributed by atoms with Gasteiger partial charge in [-0.25, -0.2) is 0 Å². The van der Waals surface area contributed by atoms with E-state index in [1.807, 2.05) is 16.8 Å². The Labute approximate surface area is 127 Å². The van der Waals surface area contributed by atoms with Crippen LogP contribution in [0.25, 0.3) is 0 Å². The summed E-state index contributed by atoms with van der Waals surface area (Å²) < 4.78 is 7.26. The first-order chi connectivity index (χ1) is 10.1. The van der Waals surface area contributed by atoms with Gasteiger partial charge in [-0.3, -0.25) is 4.68 Å². The normalized spacial score (nSPS) is 11.1. The molecule has 0 unspecified atom stereocenters. The molecule has 1 aromatic heterocycles. The highest BCUT2D eigenvalue weighted by atomic mass is 16.5. The standard InChI is InChI=1S/C17H25N3O/c1-13(2)20-12-16(14(3)19-20)11-18-9-8-15-6-5-7-17(10-15)21-4/h5-7,10,12-13,18H,8-9,11H2,1-4H3. The molecule has 21 heavy (non-hydrogen) atoms. The Bertz CT molecular complexity index is 575. The zero-order valence-electron chi connectivity index (χ0n) is 13.4. The second-order valence-corrected chi connectivity index (χ2v) is 5.59. The quantitative estimate of drug-likeness (QED) is 0.795. The molecule has 0 bridgehead atoms. The van der Waals surface area contributed by atoms with Gasteiger partial charge in [-0.05, 0) is 51.4 Å². The van der Waals surface area contributed by atoms with Crippen molar-refractivity contribution in [3.63, 3.8) is 0 Å². The summed E-state index contributed by atoms with van der Waals surface area (Å²) in [5.74, 6) is 0.918. The van der Waals surface area contributed by atoms with Crippen LogP contribution in [0.5, 0.6) is 5.75 Å². The number of aromatic nitrogens is 2. The lowest BCUT2D eigenvalue weighted by molar-refractivity contribution is 0.414. The predicted octanol–water partition coefficient (Wildman–Crippen LogP) is 3.11. The van der Waals surface area contributed by atoms with E-state index < -0.39 is 0 Å². The van der Waals surface area contributed by atoms with Gasteiger partial charge in [-0.1, -0.05) is 12.1 Å². The van der Waals surface area contributed by atoms with Crippen LogP contribution in [0.1, 0.15) is 36.7 Å². The van der Waals surface area contributed by atoms with E-state index in [0.29, 0.717) is 6.04 Å². The third-order valence-electron chi connectivity index (χ3n) is 3.59. The van der Waals surface area contributed by atoms with Gasteiger partial charge in [0.25, 0.3) is 0 Å². The zero-order valence-corrected chi connectivity index (χ0v) is 13.4. The highest BCUT2D eigenvalue weighted by Crippen LogP contribution is 2.13. The molecule has 0 radical (unpaired) electrons. The maximum Gasteiger partial charge on any atom is 0.119 e. The van der Waals surface area contributed by atoms with Crippen LogP contribution in [-0.4, -0.2) is 23.4 Å². The Morgan fingerprint density at radius 2 is 2.14 bits per heavy atom. The number of hydrogen-bond acceptors (Lipinski definition) is 3. The molecule has 0 saturated heterocycles. The third kappa shape index (κ3) is 4.33. The fourth-order valence-corrected chi connectivity index (χ4v) is 2.24. The number of nitrogens with zero attached hydrogens (tertiary/aromatic N) is 2. The van der Waals surface area contributed by atoms with E-state index in [4.69, 9.17) is 4.74 Å². The highest BCUT2D eigenvalue weighted by Gasteiger charge is 2.06. The van der Waals surface area contributed by atoms with Gasteiger partial charge < -0.3 is 10.1 Å². The van der Waals surface area contributed by atoms with Crippen LogP contribution in [0, 0.1) is 6.92 Å². The molecule has 2 rings (SSSR count). The Morgan fingerprint density at radius 1 is 1.33 bits per heavy atom. The lowest BCUT2D eigenvalue weighted by atomic mass is 10.1. The first-order valence-corrected chi connectivity index (χ1v) is 7.48. The summed E-state index contributed by atoms with van der Waals surface area (Å²) in [5.41, 5.74) is 3.67. The van der Waals surface area contributed by atoms with Crippen molar-refractivity contribution in [2.45, 2.75) is 39.8 Å². The molecule has 4 heteroatoms. The van der Waals surface area contributed by atoms with Crippen molar-refractivity contribution >= 4 is 0 Å². The molecular weight excluding hydrogens is 262 g/mol. The van der Waals surface area contributed by atoms with E-state index in [1.54, 1.807) is 7.11 Å². The fraction of sp³-hybridized carbons (Fsp3) is 0.471. The van der Waals surface area contributed by atoms with Crippen molar-refractivity contribution in [2.75, 3.05) is 13.7 Å². The van der Waals surface area contributed by atoms with E-state index in [-0.39, 0.29) is 0 Å². The number of rotatable bonds is 7. The maximum absolute atomic E-state index is 5.24. The molecule has 114 valence electrons. The summed E-state index contributed by atoms with van der Waals surface area (Å²) in [4.78, 5) is 0. The van der Waals surface area contributed by atoms with Crippen molar-refractivity contribution in [3.8, 4) is 5.75 Å². The molecule has 0 saturated carbocycles.